The van der Waals surface area contributed by atoms with Crippen LogP contribution in [0.2, 0.25) is 0 Å². The van der Waals surface area contributed by atoms with Gasteiger partial charge in [-0.15, -0.1) is 11.3 Å². The number of anilines is 1. The SMILES string of the molecule is COCCOCCN1c2ccc3ncsc3c2C2(COc3cc4c(cc32)OCCO4)C1O. The molecule has 0 amide bonds. The predicted octanol–water partition coefficient (Wildman–Crippen LogP) is 2.55. The number of methoxy groups -OCH3 is 1. The molecule has 1 N–H and O–H groups in total. The van der Waals surface area contributed by atoms with E-state index in [-0.39, 0.29) is 0 Å². The molecule has 32 heavy (non-hydrogen) atoms. The Morgan fingerprint density at radius 1 is 1.12 bits per heavy atom. The second kappa shape index (κ2) is 7.77. The van der Waals surface area contributed by atoms with Crippen LogP contribution in [0.15, 0.2) is 29.8 Å². The van der Waals surface area contributed by atoms with Gasteiger partial charge >= 0.3 is 0 Å². The summed E-state index contributed by atoms with van der Waals surface area (Å²) < 4.78 is 29.6. The molecule has 6 rings (SSSR count). The molecule has 168 valence electrons. The highest BCUT2D eigenvalue weighted by Crippen LogP contribution is 2.58. The highest BCUT2D eigenvalue weighted by molar-refractivity contribution is 7.17. The van der Waals surface area contributed by atoms with E-state index in [1.54, 1.807) is 18.4 Å². The number of fused-ring (bicyclic) bond motifs is 7. The van der Waals surface area contributed by atoms with E-state index in [1.807, 2.05) is 34.7 Å². The number of aliphatic hydroxyl groups excluding tert-OH is 1. The maximum absolute atomic E-state index is 11.8. The molecule has 3 aliphatic rings. The normalized spacial score (nSPS) is 22.9. The Morgan fingerprint density at radius 2 is 1.97 bits per heavy atom. The molecule has 0 saturated heterocycles. The fourth-order valence-corrected chi connectivity index (χ4v) is 5.91. The lowest BCUT2D eigenvalue weighted by Gasteiger charge is -2.32. The Morgan fingerprint density at radius 3 is 2.81 bits per heavy atom. The van der Waals surface area contributed by atoms with Crippen LogP contribution in [-0.2, 0) is 14.9 Å². The predicted molar refractivity (Wildman–Crippen MR) is 119 cm³/mol. The summed E-state index contributed by atoms with van der Waals surface area (Å²) in [4.78, 5) is 6.53. The van der Waals surface area contributed by atoms with Gasteiger partial charge in [-0.05, 0) is 18.2 Å². The minimum atomic E-state index is -0.819. The Hall–Kier alpha value is -2.59. The molecule has 1 spiro atoms. The zero-order chi connectivity index (χ0) is 21.7. The maximum atomic E-state index is 11.8. The molecule has 0 aliphatic carbocycles. The Balaban J connectivity index is 1.46. The summed E-state index contributed by atoms with van der Waals surface area (Å²) in [5, 5.41) is 11.8. The Labute approximate surface area is 189 Å². The molecule has 1 aromatic heterocycles. The van der Waals surface area contributed by atoms with E-state index in [2.05, 4.69) is 4.98 Å². The molecule has 2 unspecified atom stereocenters. The molecular formula is C23H24N2O6S. The minimum absolute atomic E-state index is 0.331. The highest BCUT2D eigenvalue weighted by Gasteiger charge is 2.58. The van der Waals surface area contributed by atoms with Crippen molar-refractivity contribution in [2.45, 2.75) is 11.6 Å². The van der Waals surface area contributed by atoms with Crippen molar-refractivity contribution in [1.82, 2.24) is 4.98 Å². The smallest absolute Gasteiger partial charge is 0.165 e. The first-order chi connectivity index (χ1) is 15.7. The van der Waals surface area contributed by atoms with Gasteiger partial charge in [0.1, 0.15) is 37.2 Å². The lowest BCUT2D eigenvalue weighted by molar-refractivity contribution is 0.0610. The molecule has 9 heteroatoms. The van der Waals surface area contributed by atoms with Crippen LogP contribution in [0.1, 0.15) is 11.1 Å². The summed E-state index contributed by atoms with van der Waals surface area (Å²) in [6.45, 7) is 3.43. The van der Waals surface area contributed by atoms with Crippen molar-refractivity contribution in [2.75, 3.05) is 58.2 Å². The number of aliphatic hydroxyl groups is 1. The van der Waals surface area contributed by atoms with Crippen molar-refractivity contribution in [3.63, 3.8) is 0 Å². The van der Waals surface area contributed by atoms with E-state index in [0.717, 1.165) is 32.8 Å². The van der Waals surface area contributed by atoms with Gasteiger partial charge in [0.15, 0.2) is 11.5 Å². The van der Waals surface area contributed by atoms with E-state index < -0.39 is 11.6 Å². The summed E-state index contributed by atoms with van der Waals surface area (Å²) in [5.74, 6) is 2.09. The van der Waals surface area contributed by atoms with Crippen LogP contribution in [0.25, 0.3) is 10.2 Å². The summed E-state index contributed by atoms with van der Waals surface area (Å²) in [6.07, 6.45) is -0.819. The quantitative estimate of drug-likeness (QED) is 0.567. The summed E-state index contributed by atoms with van der Waals surface area (Å²) in [5.41, 5.74) is 4.97. The average Bonchev–Trinajstić information content (AvgIpc) is 3.49. The summed E-state index contributed by atoms with van der Waals surface area (Å²) >= 11 is 1.59. The van der Waals surface area contributed by atoms with Crippen LogP contribution in [0, 0.1) is 0 Å². The number of nitrogens with zero attached hydrogens (tertiary/aromatic N) is 2. The molecular weight excluding hydrogens is 432 g/mol. The van der Waals surface area contributed by atoms with Gasteiger partial charge < -0.3 is 33.7 Å². The van der Waals surface area contributed by atoms with Crippen LogP contribution >= 0.6 is 11.3 Å². The van der Waals surface area contributed by atoms with Crippen molar-refractivity contribution in [2.24, 2.45) is 0 Å². The van der Waals surface area contributed by atoms with Crippen LogP contribution in [0.4, 0.5) is 5.69 Å². The molecule has 2 atom stereocenters. The molecule has 3 aliphatic heterocycles. The molecule has 0 bridgehead atoms. The second-order valence-electron chi connectivity index (χ2n) is 8.08. The first kappa shape index (κ1) is 20.0. The third-order valence-corrected chi connectivity index (χ3v) is 7.32. The first-order valence-electron chi connectivity index (χ1n) is 10.7. The number of benzene rings is 2. The minimum Gasteiger partial charge on any atom is -0.492 e. The molecule has 4 heterocycles. The van der Waals surface area contributed by atoms with Crippen LogP contribution < -0.4 is 19.1 Å². The molecule has 8 nitrogen and oxygen atoms in total. The van der Waals surface area contributed by atoms with E-state index in [0.29, 0.717) is 57.7 Å². The lowest BCUT2D eigenvalue weighted by atomic mass is 9.76. The van der Waals surface area contributed by atoms with Gasteiger partial charge in [-0.3, -0.25) is 0 Å². The topological polar surface area (TPSA) is 82.5 Å². The van der Waals surface area contributed by atoms with Crippen molar-refractivity contribution in [1.29, 1.82) is 0 Å². The van der Waals surface area contributed by atoms with Gasteiger partial charge in [-0.25, -0.2) is 4.98 Å². The number of hydrogen-bond acceptors (Lipinski definition) is 9. The van der Waals surface area contributed by atoms with Gasteiger partial charge in [-0.2, -0.15) is 0 Å². The molecule has 0 fully saturated rings. The number of rotatable bonds is 6. The number of aromatic nitrogens is 1. The fraction of sp³-hybridized carbons (Fsp3) is 0.435. The summed E-state index contributed by atoms with van der Waals surface area (Å²) in [6, 6.07) is 7.91. The van der Waals surface area contributed by atoms with Crippen molar-refractivity contribution in [3.05, 3.63) is 40.9 Å². The molecule has 0 saturated carbocycles. The standard InChI is InChI=1S/C23H24N2O6S/c1-27-6-7-28-5-4-25-16-3-2-15-21(32-13-24-15)20(16)23(22(25)26)12-31-17-11-19-18(10-14(17)23)29-8-9-30-19/h2-3,10-11,13,22,26H,4-9,12H2,1H3. The number of thiazole rings is 1. The van der Waals surface area contributed by atoms with Gasteiger partial charge in [0.05, 0.1) is 35.5 Å². The highest BCUT2D eigenvalue weighted by atomic mass is 32.1. The monoisotopic (exact) mass is 456 g/mol. The summed E-state index contributed by atoms with van der Waals surface area (Å²) in [7, 11) is 1.65. The van der Waals surface area contributed by atoms with Gasteiger partial charge in [0.2, 0.25) is 0 Å². The first-order valence-corrected chi connectivity index (χ1v) is 11.6. The Bertz CT molecular complexity index is 1170. The van der Waals surface area contributed by atoms with Crippen molar-refractivity contribution in [3.8, 4) is 17.2 Å². The van der Waals surface area contributed by atoms with Crippen LogP contribution in [0.3, 0.4) is 0 Å². The van der Waals surface area contributed by atoms with E-state index in [1.165, 1.54) is 0 Å². The average molecular weight is 457 g/mol. The second-order valence-corrected chi connectivity index (χ2v) is 8.94. The largest absolute Gasteiger partial charge is 0.492 e. The van der Waals surface area contributed by atoms with Crippen LogP contribution in [0.5, 0.6) is 17.2 Å². The fourth-order valence-electron chi connectivity index (χ4n) is 4.99. The lowest BCUT2D eigenvalue weighted by Crippen LogP contribution is -2.47. The van der Waals surface area contributed by atoms with E-state index in [4.69, 9.17) is 23.7 Å². The number of ether oxygens (including phenoxy) is 5. The van der Waals surface area contributed by atoms with E-state index in [9.17, 15) is 5.11 Å². The van der Waals surface area contributed by atoms with Crippen molar-refractivity contribution < 1.29 is 28.8 Å². The van der Waals surface area contributed by atoms with Crippen LogP contribution in [-0.4, -0.2) is 69.6 Å². The van der Waals surface area contributed by atoms with Crippen molar-refractivity contribution >= 4 is 27.2 Å². The maximum Gasteiger partial charge on any atom is 0.165 e. The molecule has 2 aromatic carbocycles. The molecule has 3 aromatic rings. The van der Waals surface area contributed by atoms with Gasteiger partial charge in [0.25, 0.3) is 0 Å². The van der Waals surface area contributed by atoms with Gasteiger partial charge in [0, 0.05) is 36.5 Å². The zero-order valence-corrected chi connectivity index (χ0v) is 18.5. The Kier molecular flexibility index (Phi) is 4.87. The number of hydrogen-bond donors (Lipinski definition) is 1. The van der Waals surface area contributed by atoms with E-state index >= 15 is 0 Å². The molecule has 0 radical (unpaired) electrons. The zero-order valence-electron chi connectivity index (χ0n) is 17.7. The third kappa shape index (κ3) is 2.82. The van der Waals surface area contributed by atoms with Gasteiger partial charge in [-0.1, -0.05) is 0 Å². The third-order valence-electron chi connectivity index (χ3n) is 6.46.